The number of sulfonamides is 1. The standard InChI is InChI=1S/C12H11ClNO4S2/c1-17-8-3-4-10(18-2)9(7-8)14-20(15,16)12-6-5-11(13)19-12/h3-7H,1-2H3/q-1. The van der Waals surface area contributed by atoms with Gasteiger partial charge in [0.25, 0.3) is 0 Å². The van der Waals surface area contributed by atoms with Crippen molar-refractivity contribution in [3.8, 4) is 11.5 Å². The average molecular weight is 333 g/mol. The number of methoxy groups -OCH3 is 2. The Labute approximate surface area is 126 Å². The summed E-state index contributed by atoms with van der Waals surface area (Å²) >= 11 is 6.69. The summed E-state index contributed by atoms with van der Waals surface area (Å²) in [7, 11) is -0.901. The predicted octanol–water partition coefficient (Wildman–Crippen LogP) is 3.81. The molecule has 8 heteroatoms. The number of hydrogen-bond acceptors (Lipinski definition) is 5. The van der Waals surface area contributed by atoms with E-state index in [2.05, 4.69) is 4.72 Å². The first-order valence-corrected chi connectivity index (χ1v) is 8.05. The van der Waals surface area contributed by atoms with Crippen LogP contribution in [0.2, 0.25) is 4.34 Å². The average Bonchev–Trinajstić information content (AvgIpc) is 2.86. The molecule has 0 N–H and O–H groups in total. The van der Waals surface area contributed by atoms with E-state index in [1.165, 1.54) is 32.4 Å². The first kappa shape index (κ1) is 15.0. The molecule has 0 fully saturated rings. The minimum atomic E-state index is -3.83. The van der Waals surface area contributed by atoms with Crippen LogP contribution in [0.25, 0.3) is 4.72 Å². The maximum Gasteiger partial charge on any atom is 0.132 e. The lowest BCUT2D eigenvalue weighted by atomic mass is 10.3. The molecule has 0 radical (unpaired) electrons. The van der Waals surface area contributed by atoms with E-state index in [-0.39, 0.29) is 9.90 Å². The van der Waals surface area contributed by atoms with Crippen LogP contribution in [-0.2, 0) is 10.0 Å². The quantitative estimate of drug-likeness (QED) is 0.835. The number of benzene rings is 1. The third-order valence-corrected chi connectivity index (χ3v) is 5.40. The van der Waals surface area contributed by atoms with E-state index in [0.717, 1.165) is 11.3 Å². The summed E-state index contributed by atoms with van der Waals surface area (Å²) in [4.78, 5) is 0. The molecule has 0 bridgehead atoms. The van der Waals surface area contributed by atoms with Gasteiger partial charge in [-0.3, -0.25) is 0 Å². The topological polar surface area (TPSA) is 66.7 Å². The fourth-order valence-corrected chi connectivity index (χ4v) is 3.93. The highest BCUT2D eigenvalue weighted by molar-refractivity contribution is 7.96. The normalized spacial score (nSPS) is 11.2. The Bertz CT molecular complexity index is 712. The van der Waals surface area contributed by atoms with Gasteiger partial charge in [-0.2, -0.15) is 0 Å². The van der Waals surface area contributed by atoms with Crippen molar-refractivity contribution in [2.45, 2.75) is 4.21 Å². The Morgan fingerprint density at radius 1 is 1.15 bits per heavy atom. The lowest BCUT2D eigenvalue weighted by molar-refractivity contribution is 0.405. The van der Waals surface area contributed by atoms with Gasteiger partial charge in [-0.15, -0.1) is 11.3 Å². The van der Waals surface area contributed by atoms with Gasteiger partial charge < -0.3 is 14.2 Å². The monoisotopic (exact) mass is 332 g/mol. The van der Waals surface area contributed by atoms with Crippen LogP contribution in [0, 0.1) is 0 Å². The molecule has 1 aromatic heterocycles. The van der Waals surface area contributed by atoms with Crippen LogP contribution >= 0.6 is 22.9 Å². The summed E-state index contributed by atoms with van der Waals surface area (Å²) in [6, 6.07) is 7.67. The Morgan fingerprint density at radius 3 is 2.45 bits per heavy atom. The van der Waals surface area contributed by atoms with E-state index < -0.39 is 10.0 Å². The van der Waals surface area contributed by atoms with Crippen LogP contribution in [-0.4, -0.2) is 22.6 Å². The van der Waals surface area contributed by atoms with Crippen molar-refractivity contribution < 1.29 is 17.9 Å². The second kappa shape index (κ2) is 5.90. The molecule has 0 unspecified atom stereocenters. The van der Waals surface area contributed by atoms with Crippen LogP contribution in [0.5, 0.6) is 11.5 Å². The van der Waals surface area contributed by atoms with Crippen LogP contribution < -0.4 is 9.47 Å². The first-order valence-electron chi connectivity index (χ1n) is 5.41. The van der Waals surface area contributed by atoms with E-state index in [0.29, 0.717) is 15.8 Å². The van der Waals surface area contributed by atoms with Crippen molar-refractivity contribution in [1.82, 2.24) is 0 Å². The third-order valence-electron chi connectivity index (χ3n) is 2.41. The Kier molecular flexibility index (Phi) is 4.42. The molecule has 0 saturated heterocycles. The summed E-state index contributed by atoms with van der Waals surface area (Å²) in [6.45, 7) is 0. The summed E-state index contributed by atoms with van der Waals surface area (Å²) < 4.78 is 38.7. The second-order valence-corrected chi connectivity index (χ2v) is 7.21. The number of nitrogens with zero attached hydrogens (tertiary/aromatic N) is 1. The maximum atomic E-state index is 12.2. The second-order valence-electron chi connectivity index (χ2n) is 3.66. The molecule has 0 spiro atoms. The molecule has 5 nitrogen and oxygen atoms in total. The number of rotatable bonds is 5. The SMILES string of the molecule is COc1ccc(OC)c([N-]S(=O)(=O)c2ccc(Cl)s2)c1. The number of ether oxygens (including phenoxy) is 2. The zero-order chi connectivity index (χ0) is 14.8. The minimum Gasteiger partial charge on any atom is -0.569 e. The molecule has 20 heavy (non-hydrogen) atoms. The van der Waals surface area contributed by atoms with Gasteiger partial charge in [0.05, 0.1) is 18.6 Å². The zero-order valence-corrected chi connectivity index (χ0v) is 13.1. The number of thiophene rings is 1. The van der Waals surface area contributed by atoms with Crippen molar-refractivity contribution >= 4 is 38.6 Å². The molecule has 0 aliphatic carbocycles. The van der Waals surface area contributed by atoms with Crippen LogP contribution in [0.3, 0.4) is 0 Å². The number of halogens is 1. The van der Waals surface area contributed by atoms with Gasteiger partial charge in [0, 0.05) is 0 Å². The molecule has 0 atom stereocenters. The molecule has 0 amide bonds. The Hall–Kier alpha value is -1.44. The van der Waals surface area contributed by atoms with E-state index >= 15 is 0 Å². The first-order chi connectivity index (χ1) is 9.46. The lowest BCUT2D eigenvalue weighted by Gasteiger charge is -2.23. The van der Waals surface area contributed by atoms with E-state index in [9.17, 15) is 8.42 Å². The molecule has 2 aromatic rings. The fraction of sp³-hybridized carbons (Fsp3) is 0.167. The van der Waals surface area contributed by atoms with Gasteiger partial charge in [0.2, 0.25) is 0 Å². The molecule has 0 saturated carbocycles. The Balaban J connectivity index is 2.38. The Morgan fingerprint density at radius 2 is 1.90 bits per heavy atom. The predicted molar refractivity (Wildman–Crippen MR) is 79.1 cm³/mol. The molecule has 108 valence electrons. The highest BCUT2D eigenvalue weighted by atomic mass is 35.5. The summed E-state index contributed by atoms with van der Waals surface area (Å²) in [5.74, 6) is 0.834. The maximum absolute atomic E-state index is 12.2. The minimum absolute atomic E-state index is 0.0763. The highest BCUT2D eigenvalue weighted by Gasteiger charge is 2.10. The number of hydrogen-bond donors (Lipinski definition) is 0. The molecule has 2 rings (SSSR count). The smallest absolute Gasteiger partial charge is 0.132 e. The molecular weight excluding hydrogens is 322 g/mol. The summed E-state index contributed by atoms with van der Waals surface area (Å²) in [6.07, 6.45) is 0. The van der Waals surface area contributed by atoms with Crippen molar-refractivity contribution in [2.75, 3.05) is 14.2 Å². The molecular formula is C12H11ClNO4S2-. The van der Waals surface area contributed by atoms with Crippen LogP contribution in [0.4, 0.5) is 5.69 Å². The molecule has 1 heterocycles. The van der Waals surface area contributed by atoms with Gasteiger partial charge in [0.1, 0.15) is 25.7 Å². The van der Waals surface area contributed by atoms with Crippen molar-refractivity contribution in [2.24, 2.45) is 0 Å². The van der Waals surface area contributed by atoms with E-state index in [1.807, 2.05) is 0 Å². The van der Waals surface area contributed by atoms with E-state index in [4.69, 9.17) is 21.1 Å². The molecule has 0 aliphatic heterocycles. The van der Waals surface area contributed by atoms with Gasteiger partial charge >= 0.3 is 0 Å². The largest absolute Gasteiger partial charge is 0.569 e. The van der Waals surface area contributed by atoms with Gasteiger partial charge in [-0.25, -0.2) is 8.42 Å². The summed E-state index contributed by atoms with van der Waals surface area (Å²) in [5, 5.41) is 0. The third kappa shape index (κ3) is 3.17. The zero-order valence-electron chi connectivity index (χ0n) is 10.7. The van der Waals surface area contributed by atoms with E-state index in [1.54, 1.807) is 12.1 Å². The van der Waals surface area contributed by atoms with Gasteiger partial charge in [-0.1, -0.05) is 17.3 Å². The van der Waals surface area contributed by atoms with Crippen molar-refractivity contribution in [1.29, 1.82) is 0 Å². The molecule has 0 aliphatic rings. The van der Waals surface area contributed by atoms with Crippen LogP contribution in [0.15, 0.2) is 34.5 Å². The van der Waals surface area contributed by atoms with Crippen LogP contribution in [0.1, 0.15) is 0 Å². The highest BCUT2D eigenvalue weighted by Crippen LogP contribution is 2.40. The van der Waals surface area contributed by atoms with Gasteiger partial charge in [0.15, 0.2) is 0 Å². The fourth-order valence-electron chi connectivity index (χ4n) is 1.48. The summed E-state index contributed by atoms with van der Waals surface area (Å²) in [5.41, 5.74) is 0.177. The van der Waals surface area contributed by atoms with Crippen molar-refractivity contribution in [3.05, 3.63) is 39.4 Å². The van der Waals surface area contributed by atoms with Gasteiger partial charge in [-0.05, 0) is 30.3 Å². The van der Waals surface area contributed by atoms with Crippen molar-refractivity contribution in [3.63, 3.8) is 0 Å². The molecule has 1 aromatic carbocycles. The lowest BCUT2D eigenvalue weighted by Crippen LogP contribution is -1.96.